The van der Waals surface area contributed by atoms with Crippen LogP contribution in [0.4, 0.5) is 4.39 Å². The topological polar surface area (TPSA) is 0 Å². The fraction of sp³-hybridized carbons (Fsp3) is 0.478. The van der Waals surface area contributed by atoms with Crippen LogP contribution in [0.5, 0.6) is 0 Å². The maximum Gasteiger partial charge on any atom is 0.131 e. The average molecular weight is 359 g/mol. The van der Waals surface area contributed by atoms with Gasteiger partial charge in [0.2, 0.25) is 0 Å². The fourth-order valence-electron chi connectivity index (χ4n) is 4.34. The molecule has 0 spiro atoms. The molecule has 1 aliphatic carbocycles. The fourth-order valence-corrected chi connectivity index (χ4v) is 4.46. The first-order valence-corrected chi connectivity index (χ1v) is 10.0. The molecule has 1 saturated carbocycles. The van der Waals surface area contributed by atoms with Crippen LogP contribution in [0, 0.1) is 17.7 Å². The molecular weight excluding hydrogens is 331 g/mol. The molecule has 2 aromatic carbocycles. The Labute approximate surface area is 156 Å². The molecule has 2 aromatic rings. The smallest absolute Gasteiger partial charge is 0.131 e. The lowest BCUT2D eigenvalue weighted by atomic mass is 9.73. The first kappa shape index (κ1) is 18.5. The van der Waals surface area contributed by atoms with E-state index in [2.05, 4.69) is 19.9 Å². The van der Waals surface area contributed by atoms with E-state index in [4.69, 9.17) is 11.6 Å². The largest absolute Gasteiger partial charge is 0.206 e. The number of hydrogen-bond donors (Lipinski definition) is 0. The second-order valence-electron chi connectivity index (χ2n) is 7.60. The normalized spacial score (nSPS) is 21.9. The van der Waals surface area contributed by atoms with Crippen molar-refractivity contribution in [2.45, 2.75) is 58.3 Å². The maximum absolute atomic E-state index is 14.7. The zero-order valence-corrected chi connectivity index (χ0v) is 16.0. The van der Waals surface area contributed by atoms with Gasteiger partial charge in [0.05, 0.1) is 0 Å². The lowest BCUT2D eigenvalue weighted by molar-refractivity contribution is 0.238. The van der Waals surface area contributed by atoms with Gasteiger partial charge in [-0.2, -0.15) is 0 Å². The third-order valence-corrected chi connectivity index (χ3v) is 6.22. The van der Waals surface area contributed by atoms with Gasteiger partial charge in [-0.25, -0.2) is 4.39 Å². The monoisotopic (exact) mass is 358 g/mol. The van der Waals surface area contributed by atoms with Gasteiger partial charge in [-0.3, -0.25) is 0 Å². The summed E-state index contributed by atoms with van der Waals surface area (Å²) in [5.74, 6) is 1.90. The standard InChI is InChI=1S/C23H28ClF/c1-3-4-17-5-7-18(8-6-17)16(2)20-11-14-22(23(25)15-20)19-9-12-21(24)13-10-19/h9-18H,3-8H2,1-2H3. The van der Waals surface area contributed by atoms with Crippen molar-refractivity contribution in [3.05, 3.63) is 58.9 Å². The molecule has 3 rings (SSSR count). The van der Waals surface area contributed by atoms with E-state index in [-0.39, 0.29) is 5.82 Å². The summed E-state index contributed by atoms with van der Waals surface area (Å²) in [5, 5.41) is 0.674. The van der Waals surface area contributed by atoms with Crippen molar-refractivity contribution in [3.8, 4) is 11.1 Å². The van der Waals surface area contributed by atoms with Gasteiger partial charge >= 0.3 is 0 Å². The lowest BCUT2D eigenvalue weighted by Crippen LogP contribution is -2.19. The number of benzene rings is 2. The minimum atomic E-state index is -0.133. The van der Waals surface area contributed by atoms with Crippen molar-refractivity contribution in [1.29, 1.82) is 0 Å². The highest BCUT2D eigenvalue weighted by atomic mass is 35.5. The molecule has 0 bridgehead atoms. The van der Waals surface area contributed by atoms with Crippen LogP contribution in [0.15, 0.2) is 42.5 Å². The molecule has 0 radical (unpaired) electrons. The summed E-state index contributed by atoms with van der Waals surface area (Å²) in [6.07, 6.45) is 7.91. The molecule has 1 fully saturated rings. The van der Waals surface area contributed by atoms with Gasteiger partial charge in [-0.05, 0) is 59.9 Å². The first-order chi connectivity index (χ1) is 12.1. The molecular formula is C23H28ClF. The molecule has 134 valence electrons. The first-order valence-electron chi connectivity index (χ1n) is 9.64. The zero-order chi connectivity index (χ0) is 17.8. The predicted molar refractivity (Wildman–Crippen MR) is 106 cm³/mol. The van der Waals surface area contributed by atoms with E-state index in [0.29, 0.717) is 22.4 Å². The number of hydrogen-bond acceptors (Lipinski definition) is 0. The van der Waals surface area contributed by atoms with Crippen molar-refractivity contribution < 1.29 is 4.39 Å². The molecule has 1 aliphatic rings. The summed E-state index contributed by atoms with van der Waals surface area (Å²) in [6.45, 7) is 4.54. The van der Waals surface area contributed by atoms with Crippen LogP contribution >= 0.6 is 11.6 Å². The maximum atomic E-state index is 14.7. The molecule has 25 heavy (non-hydrogen) atoms. The van der Waals surface area contributed by atoms with Crippen molar-refractivity contribution in [3.63, 3.8) is 0 Å². The zero-order valence-electron chi connectivity index (χ0n) is 15.3. The molecule has 0 aromatic heterocycles. The molecule has 0 N–H and O–H groups in total. The minimum absolute atomic E-state index is 0.133. The Morgan fingerprint density at radius 3 is 2.32 bits per heavy atom. The SMILES string of the molecule is CCCC1CCC(C(C)c2ccc(-c3ccc(Cl)cc3)c(F)c2)CC1. The molecule has 0 heterocycles. The van der Waals surface area contributed by atoms with Crippen LogP contribution in [0.25, 0.3) is 11.1 Å². The van der Waals surface area contributed by atoms with Crippen molar-refractivity contribution in [2.75, 3.05) is 0 Å². The Bertz CT molecular complexity index is 684. The highest BCUT2D eigenvalue weighted by molar-refractivity contribution is 6.30. The van der Waals surface area contributed by atoms with Crippen LogP contribution < -0.4 is 0 Å². The van der Waals surface area contributed by atoms with E-state index >= 15 is 0 Å². The van der Waals surface area contributed by atoms with Crippen LogP contribution in [-0.4, -0.2) is 0 Å². The Morgan fingerprint density at radius 2 is 1.72 bits per heavy atom. The number of halogens is 2. The van der Waals surface area contributed by atoms with Crippen molar-refractivity contribution >= 4 is 11.6 Å². The molecule has 0 amide bonds. The van der Waals surface area contributed by atoms with E-state index in [1.165, 1.54) is 38.5 Å². The van der Waals surface area contributed by atoms with Gasteiger partial charge in [0, 0.05) is 10.6 Å². The molecule has 0 nitrogen and oxygen atoms in total. The molecule has 0 aliphatic heterocycles. The van der Waals surface area contributed by atoms with E-state index in [9.17, 15) is 4.39 Å². The highest BCUT2D eigenvalue weighted by Crippen LogP contribution is 2.40. The Balaban J connectivity index is 1.71. The van der Waals surface area contributed by atoms with Crippen LogP contribution in [0.3, 0.4) is 0 Å². The van der Waals surface area contributed by atoms with Crippen LogP contribution in [-0.2, 0) is 0 Å². The summed E-state index contributed by atoms with van der Waals surface area (Å²) in [6, 6.07) is 13.1. The second kappa shape index (κ2) is 8.36. The summed E-state index contributed by atoms with van der Waals surface area (Å²) < 4.78 is 14.7. The quantitative estimate of drug-likeness (QED) is 0.510. The summed E-state index contributed by atoms with van der Waals surface area (Å²) in [5.41, 5.74) is 2.66. The Hall–Kier alpha value is -1.34. The van der Waals surface area contributed by atoms with Gasteiger partial charge < -0.3 is 0 Å². The minimum Gasteiger partial charge on any atom is -0.206 e. The van der Waals surface area contributed by atoms with E-state index in [1.807, 2.05) is 30.3 Å². The highest BCUT2D eigenvalue weighted by Gasteiger charge is 2.26. The van der Waals surface area contributed by atoms with Gasteiger partial charge in [0.25, 0.3) is 0 Å². The second-order valence-corrected chi connectivity index (χ2v) is 8.04. The van der Waals surface area contributed by atoms with E-state index in [1.54, 1.807) is 6.07 Å². The predicted octanol–water partition coefficient (Wildman–Crippen LogP) is 7.86. The average Bonchev–Trinajstić information content (AvgIpc) is 2.63. The molecule has 2 heteroatoms. The molecule has 1 atom stereocenters. The molecule has 1 unspecified atom stereocenters. The van der Waals surface area contributed by atoms with Gasteiger partial charge in [0.1, 0.15) is 5.82 Å². The van der Waals surface area contributed by atoms with Gasteiger partial charge in [0.15, 0.2) is 0 Å². The third-order valence-electron chi connectivity index (χ3n) is 5.97. The Morgan fingerprint density at radius 1 is 1.04 bits per heavy atom. The van der Waals surface area contributed by atoms with Crippen molar-refractivity contribution in [1.82, 2.24) is 0 Å². The molecule has 0 saturated heterocycles. The van der Waals surface area contributed by atoms with Crippen LogP contribution in [0.2, 0.25) is 5.02 Å². The number of rotatable bonds is 5. The van der Waals surface area contributed by atoms with Crippen LogP contribution in [0.1, 0.15) is 63.9 Å². The van der Waals surface area contributed by atoms with Gasteiger partial charge in [-0.15, -0.1) is 0 Å². The van der Waals surface area contributed by atoms with E-state index in [0.717, 1.165) is 17.0 Å². The Kier molecular flexibility index (Phi) is 6.17. The van der Waals surface area contributed by atoms with E-state index < -0.39 is 0 Å². The van der Waals surface area contributed by atoms with Gasteiger partial charge in [-0.1, -0.05) is 75.4 Å². The third kappa shape index (κ3) is 4.44. The van der Waals surface area contributed by atoms with Crippen molar-refractivity contribution in [2.24, 2.45) is 11.8 Å². The lowest BCUT2D eigenvalue weighted by Gasteiger charge is -2.32. The summed E-state index contributed by atoms with van der Waals surface area (Å²) in [4.78, 5) is 0. The summed E-state index contributed by atoms with van der Waals surface area (Å²) in [7, 11) is 0. The summed E-state index contributed by atoms with van der Waals surface area (Å²) >= 11 is 5.93.